The smallest absolute Gasteiger partial charge is 0.410 e. The van der Waals surface area contributed by atoms with Crippen LogP contribution in [0, 0.1) is 0 Å². The lowest BCUT2D eigenvalue weighted by atomic mass is 10.2. The molecule has 3 aromatic rings. The third-order valence-corrected chi connectivity index (χ3v) is 5.82. The summed E-state index contributed by atoms with van der Waals surface area (Å²) in [7, 11) is 1.67. The Kier molecular flexibility index (Phi) is 7.71. The second-order valence-electron chi connectivity index (χ2n) is 9.06. The molecule has 0 atom stereocenters. The maximum absolute atomic E-state index is 12.1. The van der Waals surface area contributed by atoms with Crippen LogP contribution in [0.15, 0.2) is 30.9 Å². The summed E-state index contributed by atoms with van der Waals surface area (Å²) < 4.78 is 16.6. The second kappa shape index (κ2) is 10.9. The molecule has 0 saturated carbocycles. The van der Waals surface area contributed by atoms with Crippen LogP contribution >= 0.6 is 11.3 Å². The van der Waals surface area contributed by atoms with Crippen molar-refractivity contribution >= 4 is 28.5 Å². The number of nitrogens with one attached hydrogen (secondary N) is 1. The lowest BCUT2D eigenvalue weighted by Gasteiger charge is -2.24. The Morgan fingerprint density at radius 2 is 1.91 bits per heavy atom. The van der Waals surface area contributed by atoms with Crippen molar-refractivity contribution in [3.05, 3.63) is 36.4 Å². The molecule has 0 radical (unpaired) electrons. The van der Waals surface area contributed by atoms with Crippen LogP contribution in [0.5, 0.6) is 6.01 Å². The van der Waals surface area contributed by atoms with Gasteiger partial charge in [-0.1, -0.05) is 11.3 Å². The molecule has 1 aliphatic heterocycles. The SMILES string of the molecule is CN(Cc1cnc(Nc2ncc(-c3ccnc(OC4CCOCC4)n3)s2)nc1)C(=O)OC(C)(C)C. The Morgan fingerprint density at radius 3 is 2.63 bits per heavy atom. The number of anilines is 2. The zero-order valence-electron chi connectivity index (χ0n) is 20.2. The zero-order valence-corrected chi connectivity index (χ0v) is 21.0. The van der Waals surface area contributed by atoms with Gasteiger partial charge < -0.3 is 24.4 Å². The average molecular weight is 500 g/mol. The van der Waals surface area contributed by atoms with Gasteiger partial charge in [0.05, 0.1) is 30.3 Å². The molecule has 0 unspecified atom stereocenters. The van der Waals surface area contributed by atoms with E-state index in [2.05, 4.69) is 30.2 Å². The first-order valence-corrected chi connectivity index (χ1v) is 12.1. The maximum atomic E-state index is 12.1. The fourth-order valence-corrected chi connectivity index (χ4v) is 3.98. The number of hydrogen-bond acceptors (Lipinski definition) is 11. The van der Waals surface area contributed by atoms with E-state index in [9.17, 15) is 4.79 Å². The molecule has 4 heterocycles. The third kappa shape index (κ3) is 7.30. The van der Waals surface area contributed by atoms with Crippen molar-refractivity contribution in [1.82, 2.24) is 29.8 Å². The molecule has 1 aliphatic rings. The number of rotatable bonds is 7. The number of carbonyl (C=O) groups is 1. The van der Waals surface area contributed by atoms with Gasteiger partial charge in [0.1, 0.15) is 11.7 Å². The molecule has 0 aromatic carbocycles. The minimum atomic E-state index is -0.548. The number of amides is 1. The molecule has 1 amide bonds. The Labute approximate surface area is 207 Å². The molecule has 0 bridgehead atoms. The Hall–Kier alpha value is -3.38. The van der Waals surface area contributed by atoms with Gasteiger partial charge in [-0.25, -0.2) is 24.7 Å². The summed E-state index contributed by atoms with van der Waals surface area (Å²) in [4.78, 5) is 36.3. The summed E-state index contributed by atoms with van der Waals surface area (Å²) in [5.74, 6) is 0.404. The molecule has 186 valence electrons. The molecule has 1 N–H and O–H groups in total. The van der Waals surface area contributed by atoms with Crippen LogP contribution in [0.3, 0.4) is 0 Å². The van der Waals surface area contributed by atoms with Crippen LogP contribution in [0.2, 0.25) is 0 Å². The van der Waals surface area contributed by atoms with Crippen LogP contribution < -0.4 is 10.1 Å². The summed E-state index contributed by atoms with van der Waals surface area (Å²) in [6.07, 6.45) is 8.07. The van der Waals surface area contributed by atoms with Gasteiger partial charge in [-0.05, 0) is 26.8 Å². The van der Waals surface area contributed by atoms with E-state index >= 15 is 0 Å². The van der Waals surface area contributed by atoms with Gasteiger partial charge in [0.25, 0.3) is 0 Å². The number of carbonyl (C=O) groups excluding carboxylic acids is 1. The molecule has 11 nitrogen and oxygen atoms in total. The first-order valence-electron chi connectivity index (χ1n) is 11.3. The maximum Gasteiger partial charge on any atom is 0.410 e. The van der Waals surface area contributed by atoms with Crippen molar-refractivity contribution in [3.63, 3.8) is 0 Å². The van der Waals surface area contributed by atoms with Crippen molar-refractivity contribution in [1.29, 1.82) is 0 Å². The van der Waals surface area contributed by atoms with Gasteiger partial charge in [0.15, 0.2) is 5.13 Å². The molecule has 0 spiro atoms. The monoisotopic (exact) mass is 499 g/mol. The predicted molar refractivity (Wildman–Crippen MR) is 131 cm³/mol. The van der Waals surface area contributed by atoms with E-state index in [-0.39, 0.29) is 6.10 Å². The van der Waals surface area contributed by atoms with Crippen molar-refractivity contribution < 1.29 is 19.0 Å². The Morgan fingerprint density at radius 1 is 1.17 bits per heavy atom. The van der Waals surface area contributed by atoms with Crippen molar-refractivity contribution in [3.8, 4) is 16.6 Å². The van der Waals surface area contributed by atoms with Gasteiger partial charge in [0, 0.05) is 50.2 Å². The number of nitrogens with zero attached hydrogens (tertiary/aromatic N) is 6. The standard InChI is InChI=1S/C23H29N7O4S/c1-23(2,3)34-22(31)30(4)14-15-11-25-19(26-12-15)29-21-27-13-18(35-21)17-5-8-24-20(28-17)33-16-6-9-32-10-7-16/h5,8,11-13,16H,6-7,9-10,14H2,1-4H3,(H,25,26,27,29). The molecule has 1 saturated heterocycles. The summed E-state index contributed by atoms with van der Waals surface area (Å²) in [6.45, 7) is 7.21. The molecular formula is C23H29N7O4S. The van der Waals surface area contributed by atoms with Crippen LogP contribution in [-0.4, -0.2) is 67.9 Å². The van der Waals surface area contributed by atoms with Crippen molar-refractivity contribution in [2.75, 3.05) is 25.6 Å². The number of thiazole rings is 1. The van der Waals surface area contributed by atoms with Crippen LogP contribution in [0.25, 0.3) is 10.6 Å². The van der Waals surface area contributed by atoms with E-state index in [1.165, 1.54) is 16.2 Å². The van der Waals surface area contributed by atoms with Crippen molar-refractivity contribution in [2.45, 2.75) is 51.9 Å². The minimum absolute atomic E-state index is 0.0710. The zero-order chi connectivity index (χ0) is 24.8. The largest absolute Gasteiger partial charge is 0.460 e. The fourth-order valence-electron chi connectivity index (χ4n) is 3.20. The lowest BCUT2D eigenvalue weighted by Crippen LogP contribution is -2.33. The van der Waals surface area contributed by atoms with E-state index in [0.29, 0.717) is 36.8 Å². The summed E-state index contributed by atoms with van der Waals surface area (Å²) in [5.41, 5.74) is 0.962. The predicted octanol–water partition coefficient (Wildman–Crippen LogP) is 4.06. The highest BCUT2D eigenvalue weighted by molar-refractivity contribution is 7.18. The van der Waals surface area contributed by atoms with E-state index in [1.54, 1.807) is 31.8 Å². The summed E-state index contributed by atoms with van der Waals surface area (Å²) >= 11 is 1.42. The number of aromatic nitrogens is 5. The summed E-state index contributed by atoms with van der Waals surface area (Å²) in [5, 5.41) is 3.73. The quantitative estimate of drug-likeness (QED) is 0.509. The second-order valence-corrected chi connectivity index (χ2v) is 10.1. The first-order chi connectivity index (χ1) is 16.7. The van der Waals surface area contributed by atoms with E-state index in [0.717, 1.165) is 29.0 Å². The molecule has 1 fully saturated rings. The van der Waals surface area contributed by atoms with Crippen molar-refractivity contribution in [2.24, 2.45) is 0 Å². The van der Waals surface area contributed by atoms with E-state index in [1.807, 2.05) is 26.8 Å². The number of hydrogen-bond donors (Lipinski definition) is 1. The normalized spacial score (nSPS) is 14.4. The van der Waals surface area contributed by atoms with Gasteiger partial charge in [0.2, 0.25) is 5.95 Å². The van der Waals surface area contributed by atoms with Gasteiger partial charge in [-0.3, -0.25) is 0 Å². The van der Waals surface area contributed by atoms with E-state index < -0.39 is 11.7 Å². The van der Waals surface area contributed by atoms with Gasteiger partial charge in [-0.15, -0.1) is 0 Å². The Bertz CT molecular complexity index is 1130. The van der Waals surface area contributed by atoms with Gasteiger partial charge >= 0.3 is 12.1 Å². The molecule has 35 heavy (non-hydrogen) atoms. The molecular weight excluding hydrogens is 470 g/mol. The molecule has 3 aromatic heterocycles. The number of ether oxygens (including phenoxy) is 3. The highest BCUT2D eigenvalue weighted by Gasteiger charge is 2.20. The Balaban J connectivity index is 1.34. The van der Waals surface area contributed by atoms with Crippen LogP contribution in [0.4, 0.5) is 15.9 Å². The molecule has 0 aliphatic carbocycles. The highest BCUT2D eigenvalue weighted by Crippen LogP contribution is 2.29. The lowest BCUT2D eigenvalue weighted by molar-refractivity contribution is 0.0217. The van der Waals surface area contributed by atoms with Crippen LogP contribution in [-0.2, 0) is 16.0 Å². The van der Waals surface area contributed by atoms with Gasteiger partial charge in [-0.2, -0.15) is 4.98 Å². The fraction of sp³-hybridized carbons (Fsp3) is 0.478. The topological polar surface area (TPSA) is 124 Å². The van der Waals surface area contributed by atoms with E-state index in [4.69, 9.17) is 14.2 Å². The average Bonchev–Trinajstić information content (AvgIpc) is 3.29. The molecule has 12 heteroatoms. The minimum Gasteiger partial charge on any atom is -0.460 e. The van der Waals surface area contributed by atoms with Crippen LogP contribution in [0.1, 0.15) is 39.2 Å². The summed E-state index contributed by atoms with van der Waals surface area (Å²) in [6, 6.07) is 2.17. The first kappa shape index (κ1) is 24.7. The molecule has 4 rings (SSSR count). The third-order valence-electron chi connectivity index (χ3n) is 4.88. The highest BCUT2D eigenvalue weighted by atomic mass is 32.1.